The number of benzene rings is 2. The normalized spacial score (nSPS) is 14.4. The summed E-state index contributed by atoms with van der Waals surface area (Å²) >= 11 is 0. The number of aromatic nitrogens is 1. The first-order valence-corrected chi connectivity index (χ1v) is 10.8. The molecule has 31 heavy (non-hydrogen) atoms. The predicted octanol–water partition coefficient (Wildman–Crippen LogP) is 4.09. The summed E-state index contributed by atoms with van der Waals surface area (Å²) in [5.74, 6) is 1.52. The monoisotopic (exact) mass is 417 g/mol. The Bertz CT molecular complexity index is 993. The third-order valence-electron chi connectivity index (χ3n) is 5.61. The molecule has 0 radical (unpaired) electrons. The van der Waals surface area contributed by atoms with Gasteiger partial charge in [-0.1, -0.05) is 48.5 Å². The first-order valence-electron chi connectivity index (χ1n) is 10.8. The van der Waals surface area contributed by atoms with Gasteiger partial charge in [-0.05, 0) is 31.4 Å². The lowest BCUT2D eigenvalue weighted by atomic mass is 10.0. The molecule has 4 rings (SSSR count). The van der Waals surface area contributed by atoms with Gasteiger partial charge in [0.1, 0.15) is 0 Å². The second-order valence-corrected chi connectivity index (χ2v) is 7.83. The van der Waals surface area contributed by atoms with Gasteiger partial charge in [0.2, 0.25) is 5.91 Å². The van der Waals surface area contributed by atoms with Crippen molar-refractivity contribution in [1.82, 2.24) is 15.2 Å². The lowest BCUT2D eigenvalue weighted by molar-refractivity contribution is -0.132. The van der Waals surface area contributed by atoms with Crippen molar-refractivity contribution in [3.05, 3.63) is 78.3 Å². The minimum atomic E-state index is -0.0498. The fourth-order valence-corrected chi connectivity index (χ4v) is 3.84. The summed E-state index contributed by atoms with van der Waals surface area (Å²) in [4.78, 5) is 31.1. The number of oxazole rings is 1. The highest BCUT2D eigenvalue weighted by Gasteiger charge is 2.24. The van der Waals surface area contributed by atoms with Crippen molar-refractivity contribution in [2.24, 2.45) is 0 Å². The molecule has 6 nitrogen and oxygen atoms in total. The standard InChI is InChI=1S/C25H27N3O3/c29-24(13-7-12-23-26-18-22(31-23)19-8-3-1-4-9-19)28-16-14-21(15-17-28)27-25(30)20-10-5-2-6-11-20/h1-6,8-11,18,21H,7,12-17H2,(H,27,30). The number of hydrogen-bond acceptors (Lipinski definition) is 4. The van der Waals surface area contributed by atoms with Crippen molar-refractivity contribution in [3.8, 4) is 11.3 Å². The molecule has 1 fully saturated rings. The van der Waals surface area contributed by atoms with Crippen LogP contribution in [0.15, 0.2) is 71.3 Å². The summed E-state index contributed by atoms with van der Waals surface area (Å²) in [6, 6.07) is 19.2. The lowest BCUT2D eigenvalue weighted by Gasteiger charge is -2.32. The molecule has 2 amide bonds. The van der Waals surface area contributed by atoms with Gasteiger partial charge in [0.15, 0.2) is 11.7 Å². The molecule has 1 aliphatic rings. The zero-order valence-corrected chi connectivity index (χ0v) is 17.5. The smallest absolute Gasteiger partial charge is 0.251 e. The topological polar surface area (TPSA) is 75.4 Å². The molecular weight excluding hydrogens is 390 g/mol. The largest absolute Gasteiger partial charge is 0.441 e. The van der Waals surface area contributed by atoms with E-state index in [-0.39, 0.29) is 17.9 Å². The second kappa shape index (κ2) is 10.1. The number of carbonyl (C=O) groups is 2. The molecule has 1 aromatic heterocycles. The molecule has 1 saturated heterocycles. The number of rotatable bonds is 7. The van der Waals surface area contributed by atoms with E-state index >= 15 is 0 Å². The van der Waals surface area contributed by atoms with Crippen LogP contribution in [-0.2, 0) is 11.2 Å². The summed E-state index contributed by atoms with van der Waals surface area (Å²) in [7, 11) is 0. The number of nitrogens with one attached hydrogen (secondary N) is 1. The number of aryl methyl sites for hydroxylation is 1. The van der Waals surface area contributed by atoms with Crippen molar-refractivity contribution < 1.29 is 14.0 Å². The van der Waals surface area contributed by atoms with Gasteiger partial charge in [-0.25, -0.2) is 4.98 Å². The summed E-state index contributed by atoms with van der Waals surface area (Å²) in [6.07, 6.45) is 5.13. The average Bonchev–Trinajstić information content (AvgIpc) is 3.29. The predicted molar refractivity (Wildman–Crippen MR) is 118 cm³/mol. The van der Waals surface area contributed by atoms with Crippen LogP contribution in [0.3, 0.4) is 0 Å². The number of amides is 2. The van der Waals surface area contributed by atoms with Crippen LogP contribution in [0.2, 0.25) is 0 Å². The van der Waals surface area contributed by atoms with Crippen LogP contribution in [0.1, 0.15) is 41.9 Å². The third-order valence-corrected chi connectivity index (χ3v) is 5.61. The average molecular weight is 418 g/mol. The van der Waals surface area contributed by atoms with E-state index in [4.69, 9.17) is 4.42 Å². The summed E-state index contributed by atoms with van der Waals surface area (Å²) in [6.45, 7) is 1.35. The minimum absolute atomic E-state index is 0.0498. The molecule has 0 spiro atoms. The van der Waals surface area contributed by atoms with E-state index in [0.717, 1.165) is 24.2 Å². The summed E-state index contributed by atoms with van der Waals surface area (Å²) in [5, 5.41) is 3.08. The molecule has 2 aromatic carbocycles. The van der Waals surface area contributed by atoms with Crippen LogP contribution in [0, 0.1) is 0 Å². The number of hydrogen-bond donors (Lipinski definition) is 1. The molecule has 3 aromatic rings. The summed E-state index contributed by atoms with van der Waals surface area (Å²) in [5.41, 5.74) is 1.67. The van der Waals surface area contributed by atoms with Gasteiger partial charge in [0, 0.05) is 43.1 Å². The Kier molecular flexibility index (Phi) is 6.77. The zero-order valence-electron chi connectivity index (χ0n) is 17.5. The molecule has 0 bridgehead atoms. The molecule has 0 unspecified atom stereocenters. The molecule has 0 saturated carbocycles. The van der Waals surface area contributed by atoms with Gasteiger partial charge >= 0.3 is 0 Å². The molecule has 6 heteroatoms. The Morgan fingerprint density at radius 2 is 1.68 bits per heavy atom. The van der Waals surface area contributed by atoms with Gasteiger partial charge in [-0.2, -0.15) is 0 Å². The summed E-state index contributed by atoms with van der Waals surface area (Å²) < 4.78 is 5.81. The maximum absolute atomic E-state index is 12.6. The van der Waals surface area contributed by atoms with E-state index < -0.39 is 0 Å². The zero-order chi connectivity index (χ0) is 21.5. The Hall–Kier alpha value is -3.41. The molecule has 0 atom stereocenters. The third kappa shape index (κ3) is 5.60. The van der Waals surface area contributed by atoms with Crippen LogP contribution in [0.4, 0.5) is 0 Å². The van der Waals surface area contributed by atoms with Crippen LogP contribution in [0.25, 0.3) is 11.3 Å². The quantitative estimate of drug-likeness (QED) is 0.628. The van der Waals surface area contributed by atoms with Gasteiger partial charge in [0.25, 0.3) is 5.91 Å². The van der Waals surface area contributed by atoms with E-state index in [1.165, 1.54) is 0 Å². The van der Waals surface area contributed by atoms with E-state index in [0.29, 0.717) is 43.8 Å². The van der Waals surface area contributed by atoms with E-state index in [9.17, 15) is 9.59 Å². The molecule has 2 heterocycles. The van der Waals surface area contributed by atoms with Crippen LogP contribution < -0.4 is 5.32 Å². The molecule has 0 aliphatic carbocycles. The number of piperidine rings is 1. The Balaban J connectivity index is 1.18. The van der Waals surface area contributed by atoms with Gasteiger partial charge < -0.3 is 14.6 Å². The molecule has 1 aliphatic heterocycles. The van der Waals surface area contributed by atoms with Crippen LogP contribution >= 0.6 is 0 Å². The lowest BCUT2D eigenvalue weighted by Crippen LogP contribution is -2.46. The van der Waals surface area contributed by atoms with E-state index in [1.54, 1.807) is 6.20 Å². The Labute approximate surface area is 182 Å². The minimum Gasteiger partial charge on any atom is -0.441 e. The van der Waals surface area contributed by atoms with Crippen LogP contribution in [0.5, 0.6) is 0 Å². The van der Waals surface area contributed by atoms with Gasteiger partial charge in [-0.15, -0.1) is 0 Å². The molecule has 160 valence electrons. The first kappa shape index (κ1) is 20.8. The van der Waals surface area contributed by atoms with Crippen molar-refractivity contribution >= 4 is 11.8 Å². The number of carbonyl (C=O) groups excluding carboxylic acids is 2. The first-order chi connectivity index (χ1) is 15.2. The van der Waals surface area contributed by atoms with Crippen LogP contribution in [-0.4, -0.2) is 40.8 Å². The van der Waals surface area contributed by atoms with E-state index in [1.807, 2.05) is 65.6 Å². The number of nitrogens with zero attached hydrogens (tertiary/aromatic N) is 2. The maximum atomic E-state index is 12.6. The van der Waals surface area contributed by atoms with Crippen molar-refractivity contribution in [2.75, 3.05) is 13.1 Å². The fraction of sp³-hybridized carbons (Fsp3) is 0.320. The van der Waals surface area contributed by atoms with Crippen molar-refractivity contribution in [1.29, 1.82) is 0 Å². The van der Waals surface area contributed by atoms with E-state index in [2.05, 4.69) is 10.3 Å². The Morgan fingerprint density at radius 3 is 2.39 bits per heavy atom. The second-order valence-electron chi connectivity index (χ2n) is 7.83. The van der Waals surface area contributed by atoms with Gasteiger partial charge in [0.05, 0.1) is 6.20 Å². The SMILES string of the molecule is O=C(NC1CCN(C(=O)CCCc2ncc(-c3ccccc3)o2)CC1)c1ccccc1. The molecular formula is C25H27N3O3. The fourth-order valence-electron chi connectivity index (χ4n) is 3.84. The highest BCUT2D eigenvalue weighted by Crippen LogP contribution is 2.21. The molecule has 1 N–H and O–H groups in total. The van der Waals surface area contributed by atoms with Crippen molar-refractivity contribution in [3.63, 3.8) is 0 Å². The highest BCUT2D eigenvalue weighted by molar-refractivity contribution is 5.94. The maximum Gasteiger partial charge on any atom is 0.251 e. The van der Waals surface area contributed by atoms with Gasteiger partial charge in [-0.3, -0.25) is 9.59 Å². The van der Waals surface area contributed by atoms with Crippen molar-refractivity contribution in [2.45, 2.75) is 38.1 Å². The highest BCUT2D eigenvalue weighted by atomic mass is 16.4. The Morgan fingerprint density at radius 1 is 1.00 bits per heavy atom. The number of likely N-dealkylation sites (tertiary alicyclic amines) is 1.